The second kappa shape index (κ2) is 17.5. The van der Waals surface area contributed by atoms with Crippen molar-refractivity contribution in [2.45, 2.75) is 115 Å². The molecule has 0 aliphatic heterocycles. The molecule has 0 fully saturated rings. The Balaban J connectivity index is 3.41. The Hall–Kier alpha value is 0.0969. The van der Waals surface area contributed by atoms with Crippen LogP contribution in [0.2, 0.25) is 0 Å². The van der Waals surface area contributed by atoms with Gasteiger partial charge in [0, 0.05) is 21.3 Å². The van der Waals surface area contributed by atoms with Crippen molar-refractivity contribution in [1.29, 1.82) is 0 Å². The first-order chi connectivity index (χ1) is 12.1. The van der Waals surface area contributed by atoms with Crippen molar-refractivity contribution in [1.82, 2.24) is 0 Å². The molecule has 0 saturated carbocycles. The molecule has 3 nitrogen and oxygen atoms in total. The molecule has 0 bridgehead atoms. The Labute approximate surface area is 161 Å². The van der Waals surface area contributed by atoms with E-state index in [1.165, 1.54) is 89.9 Å². The molecule has 0 heterocycles. The van der Waals surface area contributed by atoms with Gasteiger partial charge in [-0.2, -0.15) is 0 Å². The highest BCUT2D eigenvalue weighted by Gasteiger charge is 2.33. The van der Waals surface area contributed by atoms with Crippen LogP contribution >= 0.6 is 0 Å². The average Bonchev–Trinajstić information content (AvgIpc) is 2.64. The summed E-state index contributed by atoms with van der Waals surface area (Å²) in [7, 11) is 6.01. The largest absolute Gasteiger partial charge is 0.376 e. The van der Waals surface area contributed by atoms with Gasteiger partial charge in [-0.1, -0.05) is 96.8 Å². The third-order valence-electron chi connectivity index (χ3n) is 5.50. The number of hydrogen-bond acceptors (Lipinski definition) is 3. The van der Waals surface area contributed by atoms with Crippen molar-refractivity contribution < 1.29 is 14.2 Å². The van der Waals surface area contributed by atoms with E-state index in [0.717, 1.165) is 16.7 Å². The summed E-state index contributed by atoms with van der Waals surface area (Å²) in [5.41, 5.74) is -0.495. The van der Waals surface area contributed by atoms with Crippen molar-refractivity contribution in [3.05, 3.63) is 0 Å². The first-order valence-electron chi connectivity index (χ1n) is 10.8. The standard InChI is InChI=1S/C21H46O3Si/c1-5-6-7-8-9-10-11-12-13-14-15-16-17-18-19-20(22-2)21(25,23-3)24-4/h20H,5-19H2,1-4,25H3/t20-/m0/s1. The monoisotopic (exact) mass is 374 g/mol. The Morgan fingerprint density at radius 3 is 1.32 bits per heavy atom. The van der Waals surface area contributed by atoms with Crippen molar-refractivity contribution in [3.8, 4) is 0 Å². The highest BCUT2D eigenvalue weighted by Crippen LogP contribution is 2.21. The van der Waals surface area contributed by atoms with Crippen LogP contribution in [-0.2, 0) is 14.2 Å². The van der Waals surface area contributed by atoms with Gasteiger partial charge in [0.05, 0.1) is 10.2 Å². The molecule has 0 aromatic heterocycles. The van der Waals surface area contributed by atoms with Crippen molar-refractivity contribution in [2.24, 2.45) is 0 Å². The third-order valence-corrected chi connectivity index (χ3v) is 6.96. The molecule has 0 rings (SSSR count). The van der Waals surface area contributed by atoms with Gasteiger partial charge < -0.3 is 14.2 Å². The Morgan fingerprint density at radius 1 is 0.640 bits per heavy atom. The summed E-state index contributed by atoms with van der Waals surface area (Å²) in [5, 5.41) is 0. The third kappa shape index (κ3) is 13.0. The van der Waals surface area contributed by atoms with Gasteiger partial charge in [-0.15, -0.1) is 0 Å². The van der Waals surface area contributed by atoms with Crippen molar-refractivity contribution in [2.75, 3.05) is 21.3 Å². The molecule has 0 radical (unpaired) electrons. The lowest BCUT2D eigenvalue weighted by Gasteiger charge is -2.34. The first-order valence-corrected chi connectivity index (χ1v) is 11.8. The lowest BCUT2D eigenvalue weighted by Crippen LogP contribution is -2.47. The normalized spacial score (nSPS) is 13.4. The molecule has 4 heteroatoms. The van der Waals surface area contributed by atoms with Gasteiger partial charge in [-0.25, -0.2) is 0 Å². The minimum atomic E-state index is -0.495. The van der Waals surface area contributed by atoms with Gasteiger partial charge in [-0.05, 0) is 6.42 Å². The van der Waals surface area contributed by atoms with Crippen LogP contribution in [0.15, 0.2) is 0 Å². The van der Waals surface area contributed by atoms with E-state index in [0.29, 0.717) is 0 Å². The highest BCUT2D eigenvalue weighted by atomic mass is 28.1. The van der Waals surface area contributed by atoms with Crippen LogP contribution in [0.4, 0.5) is 0 Å². The summed E-state index contributed by atoms with van der Waals surface area (Å²) in [4.78, 5) is 0. The quantitative estimate of drug-likeness (QED) is 0.177. The molecule has 1 atom stereocenters. The Bertz CT molecular complexity index is 270. The number of rotatable bonds is 19. The van der Waals surface area contributed by atoms with E-state index in [2.05, 4.69) is 6.92 Å². The smallest absolute Gasteiger partial charge is 0.165 e. The van der Waals surface area contributed by atoms with Gasteiger partial charge in [0.15, 0.2) is 5.41 Å². The van der Waals surface area contributed by atoms with Crippen LogP contribution in [-0.4, -0.2) is 43.1 Å². The van der Waals surface area contributed by atoms with E-state index in [1.807, 2.05) is 0 Å². The van der Waals surface area contributed by atoms with Crippen molar-refractivity contribution in [3.63, 3.8) is 0 Å². The molecule has 25 heavy (non-hydrogen) atoms. The maximum absolute atomic E-state index is 5.60. The number of methoxy groups -OCH3 is 3. The molecule has 0 saturated heterocycles. The molecule has 0 aromatic carbocycles. The summed E-state index contributed by atoms with van der Waals surface area (Å²) < 4.78 is 16.6. The van der Waals surface area contributed by atoms with E-state index < -0.39 is 5.41 Å². The van der Waals surface area contributed by atoms with Crippen LogP contribution in [0.5, 0.6) is 0 Å². The molecule has 0 aliphatic carbocycles. The lowest BCUT2D eigenvalue weighted by atomic mass is 10.0. The SMILES string of the molecule is CCCCCCCCCCCCCCCC[C@H](OC)C([SiH3])(OC)OC. The second-order valence-corrected chi connectivity index (χ2v) is 8.93. The van der Waals surface area contributed by atoms with Gasteiger partial charge in [0.1, 0.15) is 6.10 Å². The van der Waals surface area contributed by atoms with E-state index in [1.54, 1.807) is 21.3 Å². The predicted molar refractivity (Wildman–Crippen MR) is 112 cm³/mol. The fourth-order valence-corrected chi connectivity index (χ4v) is 3.99. The molecule has 0 aliphatic rings. The van der Waals surface area contributed by atoms with E-state index >= 15 is 0 Å². The predicted octanol–water partition coefficient (Wildman–Crippen LogP) is 5.18. The van der Waals surface area contributed by atoms with E-state index in [-0.39, 0.29) is 6.10 Å². The summed E-state index contributed by atoms with van der Waals surface area (Å²) in [6.07, 6.45) is 20.6. The molecule has 0 amide bonds. The lowest BCUT2D eigenvalue weighted by molar-refractivity contribution is -0.209. The van der Waals surface area contributed by atoms with Crippen LogP contribution in [0, 0.1) is 0 Å². The summed E-state index contributed by atoms with van der Waals surface area (Å²) >= 11 is 0. The fourth-order valence-electron chi connectivity index (χ4n) is 3.46. The molecular formula is C21H46O3Si. The number of hydrogen-bond donors (Lipinski definition) is 0. The molecule has 0 N–H and O–H groups in total. The minimum Gasteiger partial charge on any atom is -0.376 e. The van der Waals surface area contributed by atoms with Crippen LogP contribution in [0.3, 0.4) is 0 Å². The van der Waals surface area contributed by atoms with Crippen molar-refractivity contribution >= 4 is 10.2 Å². The number of ether oxygens (including phenoxy) is 3. The molecule has 0 aromatic rings. The minimum absolute atomic E-state index is 0.0616. The number of unbranched alkanes of at least 4 members (excludes halogenated alkanes) is 13. The summed E-state index contributed by atoms with van der Waals surface area (Å²) in [6, 6.07) is 0. The van der Waals surface area contributed by atoms with Crippen LogP contribution in [0.1, 0.15) is 103 Å². The maximum Gasteiger partial charge on any atom is 0.165 e. The Kier molecular flexibility index (Phi) is 17.6. The van der Waals surface area contributed by atoms with Gasteiger partial charge in [-0.3, -0.25) is 0 Å². The fraction of sp³-hybridized carbons (Fsp3) is 1.00. The maximum atomic E-state index is 5.60. The van der Waals surface area contributed by atoms with Crippen LogP contribution < -0.4 is 0 Å². The zero-order valence-corrected chi connectivity index (χ0v) is 19.9. The molecule has 152 valence electrons. The highest BCUT2D eigenvalue weighted by molar-refractivity contribution is 6.13. The zero-order valence-electron chi connectivity index (χ0n) is 17.9. The van der Waals surface area contributed by atoms with E-state index in [9.17, 15) is 0 Å². The summed E-state index contributed by atoms with van der Waals surface area (Å²) in [5.74, 6) is 0. The molecule has 0 unspecified atom stereocenters. The zero-order chi connectivity index (χ0) is 18.8. The summed E-state index contributed by atoms with van der Waals surface area (Å²) in [6.45, 7) is 2.29. The topological polar surface area (TPSA) is 27.7 Å². The molecular weight excluding hydrogens is 328 g/mol. The first kappa shape index (κ1) is 25.1. The second-order valence-electron chi connectivity index (χ2n) is 7.53. The van der Waals surface area contributed by atoms with E-state index in [4.69, 9.17) is 14.2 Å². The Morgan fingerprint density at radius 2 is 1.00 bits per heavy atom. The van der Waals surface area contributed by atoms with Gasteiger partial charge in [0.25, 0.3) is 0 Å². The molecule has 0 spiro atoms. The van der Waals surface area contributed by atoms with Crippen LogP contribution in [0.25, 0.3) is 0 Å². The van der Waals surface area contributed by atoms with Gasteiger partial charge >= 0.3 is 0 Å². The average molecular weight is 375 g/mol. The van der Waals surface area contributed by atoms with Gasteiger partial charge in [0.2, 0.25) is 0 Å².